The number of imidazole rings is 1. The van der Waals surface area contributed by atoms with E-state index in [0.717, 1.165) is 13.0 Å². The highest BCUT2D eigenvalue weighted by Gasteiger charge is 2.28. The molecule has 1 saturated heterocycles. The van der Waals surface area contributed by atoms with Crippen molar-refractivity contribution in [3.05, 3.63) is 18.2 Å². The summed E-state index contributed by atoms with van der Waals surface area (Å²) in [6, 6.07) is 1.11. The summed E-state index contributed by atoms with van der Waals surface area (Å²) < 4.78 is 2.14. The van der Waals surface area contributed by atoms with Gasteiger partial charge in [-0.3, -0.25) is 0 Å². The lowest BCUT2D eigenvalue weighted by molar-refractivity contribution is 0.211. The van der Waals surface area contributed by atoms with Crippen molar-refractivity contribution in [3.8, 4) is 0 Å². The zero-order valence-electron chi connectivity index (χ0n) is 12.3. The van der Waals surface area contributed by atoms with Crippen molar-refractivity contribution in [2.75, 3.05) is 31.6 Å². The molecule has 1 aliphatic rings. The fourth-order valence-corrected chi connectivity index (χ4v) is 3.90. The largest absolute Gasteiger partial charge is 0.338 e. The van der Waals surface area contributed by atoms with E-state index in [4.69, 9.17) is 0 Å². The first kappa shape index (κ1) is 14.9. The Kier molecular flexibility index (Phi) is 5.73. The fourth-order valence-electron chi connectivity index (χ4n) is 2.59. The molecule has 1 fully saturated rings. The first-order chi connectivity index (χ1) is 9.22. The second-order valence-electron chi connectivity index (χ2n) is 5.34. The Hall–Kier alpha value is -0.520. The second kappa shape index (κ2) is 7.31. The molecule has 1 N–H and O–H groups in total. The van der Waals surface area contributed by atoms with Crippen molar-refractivity contribution in [2.24, 2.45) is 7.05 Å². The first-order valence-corrected chi connectivity index (χ1v) is 8.35. The lowest BCUT2D eigenvalue weighted by Crippen LogP contribution is -2.54. The molecular weight excluding hydrogens is 256 g/mol. The molecule has 19 heavy (non-hydrogen) atoms. The zero-order chi connectivity index (χ0) is 13.7. The molecule has 2 unspecified atom stereocenters. The molecule has 0 amide bonds. The summed E-state index contributed by atoms with van der Waals surface area (Å²) in [5.74, 6) is 3.66. The van der Waals surface area contributed by atoms with E-state index in [0.29, 0.717) is 12.1 Å². The van der Waals surface area contributed by atoms with E-state index in [-0.39, 0.29) is 0 Å². The number of rotatable bonds is 6. The van der Waals surface area contributed by atoms with Crippen LogP contribution in [-0.4, -0.2) is 58.2 Å². The number of nitrogens with one attached hydrogen (secondary N) is 1. The smallest absolute Gasteiger partial charge is 0.109 e. The molecule has 1 aliphatic heterocycles. The highest BCUT2D eigenvalue weighted by atomic mass is 32.2. The molecule has 1 aromatic heterocycles. The Morgan fingerprint density at radius 3 is 3.00 bits per heavy atom. The van der Waals surface area contributed by atoms with Crippen molar-refractivity contribution < 1.29 is 0 Å². The number of likely N-dealkylation sites (N-methyl/N-ethyl adjacent to an activating group) is 1. The van der Waals surface area contributed by atoms with Crippen molar-refractivity contribution in [1.82, 2.24) is 19.8 Å². The van der Waals surface area contributed by atoms with Crippen LogP contribution in [0.4, 0.5) is 0 Å². The van der Waals surface area contributed by atoms with Crippen molar-refractivity contribution in [2.45, 2.75) is 31.8 Å². The van der Waals surface area contributed by atoms with Gasteiger partial charge in [-0.05, 0) is 20.0 Å². The number of nitrogens with zero attached hydrogens (tertiary/aromatic N) is 3. The third-order valence-corrected chi connectivity index (χ3v) is 4.94. The van der Waals surface area contributed by atoms with E-state index in [9.17, 15) is 0 Å². The molecule has 0 spiro atoms. The van der Waals surface area contributed by atoms with Crippen LogP contribution in [0, 0.1) is 0 Å². The predicted molar refractivity (Wildman–Crippen MR) is 82.7 cm³/mol. The molecule has 5 heteroatoms. The highest BCUT2D eigenvalue weighted by Crippen LogP contribution is 2.19. The maximum absolute atomic E-state index is 4.48. The molecule has 108 valence electrons. The maximum Gasteiger partial charge on any atom is 0.109 e. The van der Waals surface area contributed by atoms with E-state index in [1.54, 1.807) is 0 Å². The Balaban J connectivity index is 2.04. The quantitative estimate of drug-likeness (QED) is 0.854. The fraction of sp³-hybridized carbons (Fsp3) is 0.786. The number of aryl methyl sites for hydroxylation is 1. The molecule has 1 aromatic rings. The van der Waals surface area contributed by atoms with Crippen LogP contribution in [0.15, 0.2) is 12.4 Å². The summed E-state index contributed by atoms with van der Waals surface area (Å²) in [4.78, 5) is 6.99. The summed E-state index contributed by atoms with van der Waals surface area (Å²) in [6.07, 6.45) is 6.12. The van der Waals surface area contributed by atoms with E-state index in [1.165, 1.54) is 30.3 Å². The summed E-state index contributed by atoms with van der Waals surface area (Å²) in [6.45, 7) is 4.51. The molecule has 2 heterocycles. The van der Waals surface area contributed by atoms with Gasteiger partial charge in [0.25, 0.3) is 0 Å². The minimum absolute atomic E-state index is 0.499. The van der Waals surface area contributed by atoms with E-state index >= 15 is 0 Å². The molecule has 0 aromatic carbocycles. The van der Waals surface area contributed by atoms with Gasteiger partial charge in [0.2, 0.25) is 0 Å². The SMILES string of the molecule is CCCNC(Cc1nccn1C)C1CSCCN1C. The van der Waals surface area contributed by atoms with Crippen molar-refractivity contribution >= 4 is 11.8 Å². The molecular formula is C14H26N4S. The highest BCUT2D eigenvalue weighted by molar-refractivity contribution is 7.99. The van der Waals surface area contributed by atoms with Gasteiger partial charge < -0.3 is 14.8 Å². The summed E-state index contributed by atoms with van der Waals surface area (Å²) >= 11 is 2.08. The topological polar surface area (TPSA) is 33.1 Å². The van der Waals surface area contributed by atoms with Crippen LogP contribution in [0.5, 0.6) is 0 Å². The van der Waals surface area contributed by atoms with Crippen LogP contribution in [0.2, 0.25) is 0 Å². The third kappa shape index (κ3) is 3.97. The number of aromatic nitrogens is 2. The monoisotopic (exact) mass is 282 g/mol. The van der Waals surface area contributed by atoms with Crippen LogP contribution in [-0.2, 0) is 13.5 Å². The number of thioether (sulfide) groups is 1. The Morgan fingerprint density at radius 2 is 2.37 bits per heavy atom. The molecule has 2 rings (SSSR count). The standard InChI is InChI=1S/C14H26N4S/c1-4-5-15-12(10-14-16-6-7-18(14)3)13-11-19-9-8-17(13)2/h6-7,12-13,15H,4-5,8-11H2,1-3H3. The third-order valence-electron chi connectivity index (χ3n) is 3.89. The van der Waals surface area contributed by atoms with Gasteiger partial charge in [-0.15, -0.1) is 0 Å². The van der Waals surface area contributed by atoms with Crippen LogP contribution in [0.25, 0.3) is 0 Å². The Morgan fingerprint density at radius 1 is 1.53 bits per heavy atom. The van der Waals surface area contributed by atoms with Gasteiger partial charge in [-0.1, -0.05) is 6.92 Å². The lowest BCUT2D eigenvalue weighted by Gasteiger charge is -2.38. The van der Waals surface area contributed by atoms with E-state index < -0.39 is 0 Å². The lowest BCUT2D eigenvalue weighted by atomic mass is 10.0. The first-order valence-electron chi connectivity index (χ1n) is 7.20. The molecule has 0 saturated carbocycles. The molecule has 4 nitrogen and oxygen atoms in total. The van der Waals surface area contributed by atoms with Crippen molar-refractivity contribution in [1.29, 1.82) is 0 Å². The molecule has 0 radical (unpaired) electrons. The van der Waals surface area contributed by atoms with Gasteiger partial charge in [0.1, 0.15) is 5.82 Å². The minimum atomic E-state index is 0.499. The molecule has 0 aliphatic carbocycles. The van der Waals surface area contributed by atoms with Crippen LogP contribution in [0.1, 0.15) is 19.2 Å². The van der Waals surface area contributed by atoms with Crippen molar-refractivity contribution in [3.63, 3.8) is 0 Å². The van der Waals surface area contributed by atoms with Gasteiger partial charge in [-0.25, -0.2) is 4.98 Å². The van der Waals surface area contributed by atoms with Gasteiger partial charge in [0, 0.05) is 56.0 Å². The summed E-state index contributed by atoms with van der Waals surface area (Å²) in [5, 5.41) is 3.73. The predicted octanol–water partition coefficient (Wildman–Crippen LogP) is 1.38. The number of hydrogen-bond donors (Lipinski definition) is 1. The number of hydrogen-bond acceptors (Lipinski definition) is 4. The van der Waals surface area contributed by atoms with Gasteiger partial charge >= 0.3 is 0 Å². The summed E-state index contributed by atoms with van der Waals surface area (Å²) in [5.41, 5.74) is 0. The average Bonchev–Trinajstić information content (AvgIpc) is 2.81. The zero-order valence-corrected chi connectivity index (χ0v) is 13.1. The van der Waals surface area contributed by atoms with Gasteiger partial charge in [0.05, 0.1) is 0 Å². The maximum atomic E-state index is 4.48. The van der Waals surface area contributed by atoms with Gasteiger partial charge in [-0.2, -0.15) is 11.8 Å². The Bertz CT molecular complexity index is 379. The second-order valence-corrected chi connectivity index (χ2v) is 6.49. The van der Waals surface area contributed by atoms with Gasteiger partial charge in [0.15, 0.2) is 0 Å². The Labute approximate surface area is 121 Å². The normalized spacial score (nSPS) is 22.6. The molecule has 0 bridgehead atoms. The average molecular weight is 282 g/mol. The van der Waals surface area contributed by atoms with Crippen LogP contribution in [0.3, 0.4) is 0 Å². The van der Waals surface area contributed by atoms with E-state index in [2.05, 4.69) is 52.5 Å². The van der Waals surface area contributed by atoms with Crippen LogP contribution < -0.4 is 5.32 Å². The van der Waals surface area contributed by atoms with Crippen LogP contribution >= 0.6 is 11.8 Å². The minimum Gasteiger partial charge on any atom is -0.338 e. The molecule has 2 atom stereocenters. The summed E-state index contributed by atoms with van der Waals surface area (Å²) in [7, 11) is 4.34. The van der Waals surface area contributed by atoms with E-state index in [1.807, 2.05) is 12.4 Å².